The van der Waals surface area contributed by atoms with E-state index < -0.39 is 0 Å². The Labute approximate surface area is 182 Å². The molecule has 0 aliphatic carbocycles. The van der Waals surface area contributed by atoms with Crippen molar-refractivity contribution in [1.82, 2.24) is 29.9 Å². The summed E-state index contributed by atoms with van der Waals surface area (Å²) in [6.45, 7) is 8.46. The van der Waals surface area contributed by atoms with Gasteiger partial charge in [-0.15, -0.1) is 0 Å². The van der Waals surface area contributed by atoms with Gasteiger partial charge in [0.2, 0.25) is 0 Å². The maximum absolute atomic E-state index is 13.2. The van der Waals surface area contributed by atoms with Crippen LogP contribution in [0.1, 0.15) is 45.5 Å². The first-order valence-electron chi connectivity index (χ1n) is 10.5. The highest BCUT2D eigenvalue weighted by atomic mass is 16.1. The molecule has 3 heterocycles. The van der Waals surface area contributed by atoms with Crippen LogP contribution in [-0.2, 0) is 20.0 Å². The third-order valence-corrected chi connectivity index (χ3v) is 5.44. The van der Waals surface area contributed by atoms with Crippen LogP contribution in [0.15, 0.2) is 42.6 Å². The number of aromatic nitrogens is 5. The Morgan fingerprint density at radius 3 is 2.52 bits per heavy atom. The standard InChI is InChI=1S/C24H28N6O/c1-15(11-20-14-29(5)27-17(20)3)26-24(31)21-12-16(2)25-23-22(21)18(4)28-30(23)13-19-9-7-6-8-10-19/h6-10,12,14-15H,11,13H2,1-5H3,(H,26,31)/t15-/m1/s1. The molecule has 1 amide bonds. The lowest BCUT2D eigenvalue weighted by Gasteiger charge is -2.14. The molecular formula is C24H28N6O. The topological polar surface area (TPSA) is 77.6 Å². The first kappa shape index (κ1) is 20.8. The molecule has 160 valence electrons. The largest absolute Gasteiger partial charge is 0.349 e. The molecule has 0 spiro atoms. The van der Waals surface area contributed by atoms with Gasteiger partial charge in [-0.25, -0.2) is 9.67 Å². The van der Waals surface area contributed by atoms with Crippen molar-refractivity contribution in [2.24, 2.45) is 7.05 Å². The van der Waals surface area contributed by atoms with Crippen LogP contribution in [0.4, 0.5) is 0 Å². The Bertz CT molecular complexity index is 1240. The number of amides is 1. The van der Waals surface area contributed by atoms with Crippen molar-refractivity contribution in [2.45, 2.75) is 46.7 Å². The number of carbonyl (C=O) groups excluding carboxylic acids is 1. The van der Waals surface area contributed by atoms with E-state index in [9.17, 15) is 4.79 Å². The van der Waals surface area contributed by atoms with E-state index in [2.05, 4.69) is 22.5 Å². The third-order valence-electron chi connectivity index (χ3n) is 5.44. The second-order valence-electron chi connectivity index (χ2n) is 8.23. The molecule has 31 heavy (non-hydrogen) atoms. The Morgan fingerprint density at radius 2 is 1.84 bits per heavy atom. The van der Waals surface area contributed by atoms with Gasteiger partial charge in [-0.1, -0.05) is 30.3 Å². The first-order valence-corrected chi connectivity index (χ1v) is 10.5. The highest BCUT2D eigenvalue weighted by molar-refractivity contribution is 6.06. The number of pyridine rings is 1. The van der Waals surface area contributed by atoms with Gasteiger partial charge < -0.3 is 5.32 Å². The van der Waals surface area contributed by atoms with E-state index in [0.717, 1.165) is 45.7 Å². The van der Waals surface area contributed by atoms with Crippen LogP contribution < -0.4 is 5.32 Å². The quantitative estimate of drug-likeness (QED) is 0.522. The van der Waals surface area contributed by atoms with E-state index in [1.54, 1.807) is 4.68 Å². The second kappa shape index (κ2) is 8.34. The number of fused-ring (bicyclic) bond motifs is 1. The van der Waals surface area contributed by atoms with Crippen molar-refractivity contribution in [1.29, 1.82) is 0 Å². The van der Waals surface area contributed by atoms with Crippen molar-refractivity contribution < 1.29 is 4.79 Å². The lowest BCUT2D eigenvalue weighted by atomic mass is 10.1. The van der Waals surface area contributed by atoms with Crippen molar-refractivity contribution in [3.8, 4) is 0 Å². The zero-order chi connectivity index (χ0) is 22.1. The lowest BCUT2D eigenvalue weighted by Crippen LogP contribution is -2.34. The minimum Gasteiger partial charge on any atom is -0.349 e. The predicted molar refractivity (Wildman–Crippen MR) is 121 cm³/mol. The number of nitrogens with zero attached hydrogens (tertiary/aromatic N) is 5. The fourth-order valence-corrected chi connectivity index (χ4v) is 4.06. The number of rotatable bonds is 6. The summed E-state index contributed by atoms with van der Waals surface area (Å²) in [5.41, 5.74) is 6.22. The summed E-state index contributed by atoms with van der Waals surface area (Å²) >= 11 is 0. The minimum atomic E-state index is -0.105. The lowest BCUT2D eigenvalue weighted by molar-refractivity contribution is 0.0941. The molecule has 3 aromatic heterocycles. The van der Waals surface area contributed by atoms with E-state index >= 15 is 0 Å². The van der Waals surface area contributed by atoms with Crippen molar-refractivity contribution in [3.05, 3.63) is 76.4 Å². The molecular weight excluding hydrogens is 388 g/mol. The Morgan fingerprint density at radius 1 is 1.10 bits per heavy atom. The molecule has 1 N–H and O–H groups in total. The molecule has 4 aromatic rings. The van der Waals surface area contributed by atoms with Crippen LogP contribution in [0, 0.1) is 20.8 Å². The zero-order valence-corrected chi connectivity index (χ0v) is 18.7. The highest BCUT2D eigenvalue weighted by Crippen LogP contribution is 2.23. The fraction of sp³-hybridized carbons (Fsp3) is 0.333. The summed E-state index contributed by atoms with van der Waals surface area (Å²) in [5.74, 6) is -0.105. The average Bonchev–Trinajstić information content (AvgIpc) is 3.19. The van der Waals surface area contributed by atoms with E-state index in [1.807, 2.05) is 69.9 Å². The molecule has 0 saturated heterocycles. The molecule has 0 aliphatic heterocycles. The van der Waals surface area contributed by atoms with Gasteiger partial charge in [0.25, 0.3) is 5.91 Å². The number of hydrogen-bond acceptors (Lipinski definition) is 4. The summed E-state index contributed by atoms with van der Waals surface area (Å²) in [7, 11) is 1.91. The van der Waals surface area contributed by atoms with Gasteiger partial charge in [0.15, 0.2) is 5.65 Å². The first-order chi connectivity index (χ1) is 14.8. The smallest absolute Gasteiger partial charge is 0.252 e. The molecule has 0 fully saturated rings. The van der Waals surface area contributed by atoms with E-state index in [4.69, 9.17) is 10.1 Å². The number of aryl methyl sites for hydroxylation is 4. The number of hydrogen-bond donors (Lipinski definition) is 1. The number of nitrogens with one attached hydrogen (secondary N) is 1. The Balaban J connectivity index is 1.62. The minimum absolute atomic E-state index is 0.0291. The monoisotopic (exact) mass is 416 g/mol. The third kappa shape index (κ3) is 4.35. The van der Waals surface area contributed by atoms with Crippen molar-refractivity contribution in [3.63, 3.8) is 0 Å². The van der Waals surface area contributed by atoms with Crippen LogP contribution in [0.25, 0.3) is 11.0 Å². The molecule has 7 nitrogen and oxygen atoms in total. The van der Waals surface area contributed by atoms with Gasteiger partial charge in [0.1, 0.15) is 0 Å². The maximum atomic E-state index is 13.2. The molecule has 0 unspecified atom stereocenters. The van der Waals surface area contributed by atoms with Crippen LogP contribution >= 0.6 is 0 Å². The molecule has 0 bridgehead atoms. The molecule has 0 radical (unpaired) electrons. The van der Waals surface area contributed by atoms with Gasteiger partial charge in [0.05, 0.1) is 28.9 Å². The zero-order valence-electron chi connectivity index (χ0n) is 18.7. The summed E-state index contributed by atoms with van der Waals surface area (Å²) in [5, 5.41) is 13.0. The van der Waals surface area contributed by atoms with Crippen LogP contribution in [-0.4, -0.2) is 36.5 Å². The van der Waals surface area contributed by atoms with Crippen molar-refractivity contribution >= 4 is 16.9 Å². The van der Waals surface area contributed by atoms with Gasteiger partial charge in [-0.2, -0.15) is 10.2 Å². The maximum Gasteiger partial charge on any atom is 0.252 e. The molecule has 7 heteroatoms. The Kier molecular flexibility index (Phi) is 5.59. The van der Waals surface area contributed by atoms with Gasteiger partial charge in [0, 0.05) is 25.0 Å². The van der Waals surface area contributed by atoms with Gasteiger partial charge >= 0.3 is 0 Å². The predicted octanol–water partition coefficient (Wildman–Crippen LogP) is 3.50. The summed E-state index contributed by atoms with van der Waals surface area (Å²) in [6.07, 6.45) is 2.73. The molecule has 1 atom stereocenters. The van der Waals surface area contributed by atoms with E-state index in [-0.39, 0.29) is 11.9 Å². The highest BCUT2D eigenvalue weighted by Gasteiger charge is 2.20. The molecule has 0 aliphatic rings. The number of carbonyl (C=O) groups is 1. The van der Waals surface area contributed by atoms with Gasteiger partial charge in [-0.05, 0) is 51.3 Å². The van der Waals surface area contributed by atoms with E-state index in [1.165, 1.54) is 0 Å². The van der Waals surface area contributed by atoms with E-state index in [0.29, 0.717) is 12.1 Å². The Hall–Kier alpha value is -3.48. The SMILES string of the molecule is Cc1cc(C(=O)N[C@H](C)Cc2cn(C)nc2C)c2c(C)nn(Cc3ccccc3)c2n1. The fourth-order valence-electron chi connectivity index (χ4n) is 4.06. The second-order valence-corrected chi connectivity index (χ2v) is 8.23. The van der Waals surface area contributed by atoms with Crippen LogP contribution in [0.5, 0.6) is 0 Å². The number of benzene rings is 1. The summed E-state index contributed by atoms with van der Waals surface area (Å²) in [4.78, 5) is 17.9. The normalized spacial score (nSPS) is 12.3. The van der Waals surface area contributed by atoms with Crippen molar-refractivity contribution in [2.75, 3.05) is 0 Å². The van der Waals surface area contributed by atoms with Crippen LogP contribution in [0.3, 0.4) is 0 Å². The molecule has 1 aromatic carbocycles. The molecule has 0 saturated carbocycles. The average molecular weight is 417 g/mol. The van der Waals surface area contributed by atoms with Crippen LogP contribution in [0.2, 0.25) is 0 Å². The van der Waals surface area contributed by atoms with Gasteiger partial charge in [-0.3, -0.25) is 9.48 Å². The summed E-state index contributed by atoms with van der Waals surface area (Å²) in [6, 6.07) is 12.0. The molecule has 4 rings (SSSR count). The summed E-state index contributed by atoms with van der Waals surface area (Å²) < 4.78 is 3.69.